The molecule has 0 radical (unpaired) electrons. The van der Waals surface area contributed by atoms with Gasteiger partial charge in [-0.15, -0.1) is 11.8 Å². The van der Waals surface area contributed by atoms with Crippen molar-refractivity contribution in [2.45, 2.75) is 23.0 Å². The molecule has 0 bridgehead atoms. The Morgan fingerprint density at radius 3 is 2.58 bits per heavy atom. The number of aliphatic hydroxyl groups is 1. The lowest BCUT2D eigenvalue weighted by molar-refractivity contribution is -0.123. The third-order valence-corrected chi connectivity index (χ3v) is 3.61. The zero-order valence-electron chi connectivity index (χ0n) is 10.2. The van der Waals surface area contributed by atoms with Crippen molar-refractivity contribution in [3.63, 3.8) is 0 Å². The quantitative estimate of drug-likeness (QED) is 0.794. The molecule has 1 aromatic rings. The molecule has 0 heterocycles. The van der Waals surface area contributed by atoms with Gasteiger partial charge in [0, 0.05) is 9.92 Å². The average Bonchev–Trinajstić information content (AvgIpc) is 2.38. The normalized spacial score (nSPS) is 13.1. The minimum Gasteiger partial charge on any atom is -0.390 e. The van der Waals surface area contributed by atoms with Crippen LogP contribution in [0.3, 0.4) is 0 Å². The third-order valence-electron chi connectivity index (χ3n) is 2.25. The van der Waals surface area contributed by atoms with Crippen molar-refractivity contribution in [2.75, 3.05) is 13.2 Å². The van der Waals surface area contributed by atoms with E-state index in [0.29, 0.717) is 5.02 Å². The molecule has 3 nitrogen and oxygen atoms in total. The highest BCUT2D eigenvalue weighted by atomic mass is 35.5. The van der Waals surface area contributed by atoms with E-state index in [1.165, 1.54) is 11.8 Å². The van der Waals surface area contributed by atoms with E-state index in [-0.39, 0.29) is 0 Å². The SMILES string of the molecule is CC(Sc1ccc(Cl)cc1)C(=O)NCC(F)(F)CO. The first kappa shape index (κ1) is 16.2. The van der Waals surface area contributed by atoms with Crippen molar-refractivity contribution in [1.29, 1.82) is 0 Å². The van der Waals surface area contributed by atoms with Crippen LogP contribution < -0.4 is 5.32 Å². The molecule has 1 amide bonds. The number of alkyl halides is 2. The average molecular weight is 310 g/mol. The first-order valence-corrected chi connectivity index (χ1v) is 6.78. The van der Waals surface area contributed by atoms with E-state index in [4.69, 9.17) is 16.7 Å². The van der Waals surface area contributed by atoms with E-state index in [2.05, 4.69) is 5.32 Å². The Hall–Kier alpha value is -0.850. The fourth-order valence-corrected chi connectivity index (χ4v) is 2.20. The minimum atomic E-state index is -3.29. The highest BCUT2D eigenvalue weighted by molar-refractivity contribution is 8.00. The molecule has 0 aliphatic rings. The minimum absolute atomic E-state index is 0.506. The van der Waals surface area contributed by atoms with Gasteiger partial charge in [-0.3, -0.25) is 4.79 Å². The number of hydrogen-bond donors (Lipinski definition) is 2. The molecule has 0 fully saturated rings. The van der Waals surface area contributed by atoms with Gasteiger partial charge in [0.25, 0.3) is 5.92 Å². The number of aliphatic hydroxyl groups excluding tert-OH is 1. The van der Waals surface area contributed by atoms with E-state index >= 15 is 0 Å². The molecule has 106 valence electrons. The zero-order valence-corrected chi connectivity index (χ0v) is 11.8. The number of carbonyl (C=O) groups is 1. The molecule has 1 rings (SSSR count). The van der Waals surface area contributed by atoms with Crippen LogP contribution in [0.15, 0.2) is 29.2 Å². The molecule has 0 spiro atoms. The molecule has 0 saturated carbocycles. The molecule has 1 atom stereocenters. The lowest BCUT2D eigenvalue weighted by Gasteiger charge is -2.16. The molecule has 1 aromatic carbocycles. The molecule has 2 N–H and O–H groups in total. The van der Waals surface area contributed by atoms with Crippen molar-refractivity contribution in [1.82, 2.24) is 5.32 Å². The van der Waals surface area contributed by atoms with Crippen LogP contribution in [0.25, 0.3) is 0 Å². The summed E-state index contributed by atoms with van der Waals surface area (Å²) >= 11 is 6.97. The number of benzene rings is 1. The maximum absolute atomic E-state index is 12.8. The van der Waals surface area contributed by atoms with Gasteiger partial charge >= 0.3 is 0 Å². The van der Waals surface area contributed by atoms with Crippen LogP contribution in [0.5, 0.6) is 0 Å². The molecular weight excluding hydrogens is 296 g/mol. The number of rotatable bonds is 6. The topological polar surface area (TPSA) is 49.3 Å². The van der Waals surface area contributed by atoms with Crippen LogP contribution in [-0.2, 0) is 4.79 Å². The van der Waals surface area contributed by atoms with Gasteiger partial charge in [-0.05, 0) is 31.2 Å². The molecule has 19 heavy (non-hydrogen) atoms. The maximum atomic E-state index is 12.8. The summed E-state index contributed by atoms with van der Waals surface area (Å²) < 4.78 is 25.5. The van der Waals surface area contributed by atoms with Gasteiger partial charge in [0.05, 0.1) is 11.8 Å². The monoisotopic (exact) mass is 309 g/mol. The Kier molecular flexibility index (Phi) is 6.03. The van der Waals surface area contributed by atoms with Crippen LogP contribution in [0.4, 0.5) is 8.78 Å². The fraction of sp³-hybridized carbons (Fsp3) is 0.417. The second-order valence-electron chi connectivity index (χ2n) is 3.95. The van der Waals surface area contributed by atoms with Gasteiger partial charge in [0.15, 0.2) is 0 Å². The predicted molar refractivity (Wildman–Crippen MR) is 71.8 cm³/mol. The largest absolute Gasteiger partial charge is 0.390 e. The maximum Gasteiger partial charge on any atom is 0.287 e. The smallest absolute Gasteiger partial charge is 0.287 e. The molecule has 0 aliphatic carbocycles. The standard InChI is InChI=1S/C12H14ClF2NO2S/c1-8(11(18)16-6-12(14,15)7-17)19-10-4-2-9(13)3-5-10/h2-5,8,17H,6-7H2,1H3,(H,16,18). The van der Waals surface area contributed by atoms with Crippen molar-refractivity contribution >= 4 is 29.3 Å². The second kappa shape index (κ2) is 7.07. The molecule has 0 aromatic heterocycles. The van der Waals surface area contributed by atoms with Gasteiger partial charge in [0.2, 0.25) is 5.91 Å². The van der Waals surface area contributed by atoms with Crippen molar-refractivity contribution in [3.05, 3.63) is 29.3 Å². The Labute approximate surface area is 119 Å². The lowest BCUT2D eigenvalue weighted by atomic mass is 10.3. The van der Waals surface area contributed by atoms with Crippen molar-refractivity contribution in [2.24, 2.45) is 0 Å². The summed E-state index contributed by atoms with van der Waals surface area (Å²) in [5.74, 6) is -3.80. The summed E-state index contributed by atoms with van der Waals surface area (Å²) in [4.78, 5) is 12.4. The highest BCUT2D eigenvalue weighted by Gasteiger charge is 2.29. The van der Waals surface area contributed by atoms with E-state index in [0.717, 1.165) is 4.90 Å². The Morgan fingerprint density at radius 2 is 2.05 bits per heavy atom. The van der Waals surface area contributed by atoms with E-state index < -0.39 is 30.2 Å². The van der Waals surface area contributed by atoms with Gasteiger partial charge < -0.3 is 10.4 Å². The summed E-state index contributed by atoms with van der Waals surface area (Å²) in [5.41, 5.74) is 0. The van der Waals surface area contributed by atoms with Crippen molar-refractivity contribution < 1.29 is 18.7 Å². The first-order chi connectivity index (χ1) is 8.84. The van der Waals surface area contributed by atoms with Crippen molar-refractivity contribution in [3.8, 4) is 0 Å². The Balaban J connectivity index is 2.47. The number of hydrogen-bond acceptors (Lipinski definition) is 3. The number of thioether (sulfide) groups is 1. The highest BCUT2D eigenvalue weighted by Crippen LogP contribution is 2.24. The summed E-state index contributed by atoms with van der Waals surface area (Å²) in [6.45, 7) is -0.536. The molecule has 0 saturated heterocycles. The number of carbonyl (C=O) groups excluding carboxylic acids is 1. The number of halogens is 3. The Bertz CT molecular complexity index is 428. The summed E-state index contributed by atoms with van der Waals surface area (Å²) in [5, 5.41) is 10.6. The predicted octanol–water partition coefficient (Wildman–Crippen LogP) is 2.56. The van der Waals surface area contributed by atoms with Gasteiger partial charge in [-0.2, -0.15) is 0 Å². The van der Waals surface area contributed by atoms with Crippen LogP contribution in [0.2, 0.25) is 5.02 Å². The van der Waals surface area contributed by atoms with Gasteiger partial charge in [-0.1, -0.05) is 11.6 Å². The van der Waals surface area contributed by atoms with E-state index in [1.807, 2.05) is 0 Å². The molecular formula is C12H14ClF2NO2S. The van der Waals surface area contributed by atoms with Crippen LogP contribution >= 0.6 is 23.4 Å². The van der Waals surface area contributed by atoms with Crippen LogP contribution in [-0.4, -0.2) is 35.3 Å². The summed E-state index contributed by atoms with van der Waals surface area (Å²) in [6, 6.07) is 6.88. The second-order valence-corrected chi connectivity index (χ2v) is 5.80. The first-order valence-electron chi connectivity index (χ1n) is 5.53. The molecule has 0 aliphatic heterocycles. The van der Waals surface area contributed by atoms with Gasteiger partial charge in [0.1, 0.15) is 6.61 Å². The van der Waals surface area contributed by atoms with Crippen LogP contribution in [0.1, 0.15) is 6.92 Å². The number of nitrogens with one attached hydrogen (secondary N) is 1. The fourth-order valence-electron chi connectivity index (χ4n) is 1.19. The number of amides is 1. The molecule has 7 heteroatoms. The van der Waals surface area contributed by atoms with E-state index in [9.17, 15) is 13.6 Å². The van der Waals surface area contributed by atoms with Crippen LogP contribution in [0, 0.1) is 0 Å². The Morgan fingerprint density at radius 1 is 1.47 bits per heavy atom. The van der Waals surface area contributed by atoms with E-state index in [1.54, 1.807) is 31.2 Å². The summed E-state index contributed by atoms with van der Waals surface area (Å²) in [6.07, 6.45) is 0. The summed E-state index contributed by atoms with van der Waals surface area (Å²) in [7, 11) is 0. The third kappa shape index (κ3) is 5.76. The lowest BCUT2D eigenvalue weighted by Crippen LogP contribution is -2.41. The van der Waals surface area contributed by atoms with Gasteiger partial charge in [-0.25, -0.2) is 8.78 Å². The zero-order chi connectivity index (χ0) is 14.5. The molecule has 1 unspecified atom stereocenters.